The van der Waals surface area contributed by atoms with Crippen molar-refractivity contribution in [2.45, 2.75) is 0 Å². The molecule has 0 fully saturated rings. The maximum absolute atomic E-state index is 10.9. The van der Waals surface area contributed by atoms with Crippen molar-refractivity contribution in [3.63, 3.8) is 0 Å². The number of benzene rings is 1. The van der Waals surface area contributed by atoms with E-state index in [-0.39, 0.29) is 5.88 Å². The minimum Gasteiger partial charge on any atom is -0.857 e. The first-order valence-electron chi connectivity index (χ1n) is 2.89. The predicted octanol–water partition coefficient (Wildman–Crippen LogP) is 1.37. The maximum atomic E-state index is 10.9. The van der Waals surface area contributed by atoms with Gasteiger partial charge in [-0.15, -0.1) is 0 Å². The van der Waals surface area contributed by atoms with Crippen molar-refractivity contribution in [1.29, 1.82) is 0 Å². The molecule has 0 spiro atoms. The molecule has 0 amide bonds. The summed E-state index contributed by atoms with van der Waals surface area (Å²) in [5.74, 6) is -0.111. The molecule has 2 nitrogen and oxygen atoms in total. The average Bonchev–Trinajstić information content (AvgIpc) is 2.34. The summed E-state index contributed by atoms with van der Waals surface area (Å²) in [5.41, 5.74) is 0. The summed E-state index contributed by atoms with van der Waals surface area (Å²) in [7, 11) is 0. The fraction of sp³-hybridized carbons (Fsp3) is 0. The summed E-state index contributed by atoms with van der Waals surface area (Å²) in [6.07, 6.45) is 0. The van der Waals surface area contributed by atoms with E-state index in [2.05, 4.69) is 4.37 Å². The van der Waals surface area contributed by atoms with Crippen LogP contribution in [-0.4, -0.2) is 4.37 Å². The van der Waals surface area contributed by atoms with Crippen molar-refractivity contribution in [2.75, 3.05) is 0 Å². The lowest BCUT2D eigenvalue weighted by molar-refractivity contribution is -0.271. The lowest BCUT2D eigenvalue weighted by Crippen LogP contribution is -1.87. The topological polar surface area (TPSA) is 36.0 Å². The Morgan fingerprint density at radius 1 is 1.30 bits per heavy atom. The highest BCUT2D eigenvalue weighted by Crippen LogP contribution is 2.24. The zero-order valence-electron chi connectivity index (χ0n) is 5.07. The van der Waals surface area contributed by atoms with Gasteiger partial charge in [0.15, 0.2) is 0 Å². The maximum Gasteiger partial charge on any atom is 0.0543 e. The standard InChI is InChI=1S/C7H5NOS/c9-7-5-3-1-2-4-6(5)10-8-7/h1-4H,(H,8,9)/p-1. The molecule has 1 heterocycles. The summed E-state index contributed by atoms with van der Waals surface area (Å²) in [4.78, 5) is 0. The minimum atomic E-state index is -0.111. The van der Waals surface area contributed by atoms with E-state index in [9.17, 15) is 5.11 Å². The van der Waals surface area contributed by atoms with E-state index in [1.807, 2.05) is 18.2 Å². The number of hydrogen-bond acceptors (Lipinski definition) is 3. The lowest BCUT2D eigenvalue weighted by atomic mass is 10.3. The van der Waals surface area contributed by atoms with Gasteiger partial charge in [0.05, 0.1) is 4.70 Å². The molecular formula is C7H4NOS-. The van der Waals surface area contributed by atoms with Crippen LogP contribution in [0.15, 0.2) is 24.3 Å². The van der Waals surface area contributed by atoms with E-state index in [0.717, 1.165) is 10.1 Å². The summed E-state index contributed by atoms with van der Waals surface area (Å²) in [6, 6.07) is 7.44. The molecule has 0 aliphatic carbocycles. The van der Waals surface area contributed by atoms with E-state index in [0.29, 0.717) is 0 Å². The van der Waals surface area contributed by atoms with Crippen LogP contribution in [0.2, 0.25) is 0 Å². The highest BCUT2D eigenvalue weighted by Gasteiger charge is 1.93. The molecule has 2 rings (SSSR count). The van der Waals surface area contributed by atoms with Crippen molar-refractivity contribution in [2.24, 2.45) is 0 Å². The second-order valence-electron chi connectivity index (χ2n) is 1.98. The second kappa shape index (κ2) is 1.95. The van der Waals surface area contributed by atoms with Crippen molar-refractivity contribution >= 4 is 21.6 Å². The molecule has 0 N–H and O–H groups in total. The minimum absolute atomic E-state index is 0.111. The molecule has 50 valence electrons. The van der Waals surface area contributed by atoms with E-state index in [4.69, 9.17) is 0 Å². The smallest absolute Gasteiger partial charge is 0.0543 e. The third-order valence-electron chi connectivity index (χ3n) is 1.34. The van der Waals surface area contributed by atoms with Crippen LogP contribution in [0.25, 0.3) is 10.1 Å². The molecule has 0 aliphatic heterocycles. The Hall–Kier alpha value is -1.09. The van der Waals surface area contributed by atoms with E-state index in [1.54, 1.807) is 6.07 Å². The fourth-order valence-electron chi connectivity index (χ4n) is 0.863. The molecule has 1 aromatic carbocycles. The number of nitrogens with zero attached hydrogens (tertiary/aromatic N) is 1. The molecule has 2 aromatic rings. The third-order valence-corrected chi connectivity index (χ3v) is 2.15. The van der Waals surface area contributed by atoms with E-state index < -0.39 is 0 Å². The van der Waals surface area contributed by atoms with Crippen LogP contribution in [-0.2, 0) is 0 Å². The molecule has 0 radical (unpaired) electrons. The quantitative estimate of drug-likeness (QED) is 0.568. The molecule has 0 saturated carbocycles. The second-order valence-corrected chi connectivity index (χ2v) is 2.79. The Balaban J connectivity index is 2.93. The lowest BCUT2D eigenvalue weighted by Gasteiger charge is -1.95. The summed E-state index contributed by atoms with van der Waals surface area (Å²) in [6.45, 7) is 0. The molecule has 0 atom stereocenters. The first kappa shape index (κ1) is 5.68. The molecule has 1 aromatic heterocycles. The Morgan fingerprint density at radius 2 is 2.10 bits per heavy atom. The third kappa shape index (κ3) is 0.675. The van der Waals surface area contributed by atoms with Gasteiger partial charge in [-0.3, -0.25) is 0 Å². The van der Waals surface area contributed by atoms with Gasteiger partial charge in [-0.05, 0) is 17.6 Å². The first-order valence-corrected chi connectivity index (χ1v) is 3.67. The Kier molecular flexibility index (Phi) is 1.11. The zero-order valence-corrected chi connectivity index (χ0v) is 5.89. The van der Waals surface area contributed by atoms with Gasteiger partial charge in [-0.25, -0.2) is 4.37 Å². The number of hydrogen-bond donors (Lipinski definition) is 0. The Labute approximate surface area is 61.9 Å². The summed E-state index contributed by atoms with van der Waals surface area (Å²) < 4.78 is 4.65. The number of fused-ring (bicyclic) bond motifs is 1. The predicted molar refractivity (Wildman–Crippen MR) is 39.1 cm³/mol. The van der Waals surface area contributed by atoms with Gasteiger partial charge >= 0.3 is 0 Å². The van der Waals surface area contributed by atoms with Crippen LogP contribution in [0.1, 0.15) is 0 Å². The monoisotopic (exact) mass is 150 g/mol. The van der Waals surface area contributed by atoms with Gasteiger partial charge < -0.3 is 5.11 Å². The SMILES string of the molecule is [O-]c1nsc2ccccc12. The number of rotatable bonds is 0. The van der Waals surface area contributed by atoms with Crippen molar-refractivity contribution in [3.8, 4) is 5.88 Å². The van der Waals surface area contributed by atoms with E-state index >= 15 is 0 Å². The molecule has 10 heavy (non-hydrogen) atoms. The summed E-state index contributed by atoms with van der Waals surface area (Å²) in [5, 5.41) is 11.6. The van der Waals surface area contributed by atoms with Gasteiger partial charge in [0.25, 0.3) is 0 Å². The highest BCUT2D eigenvalue weighted by molar-refractivity contribution is 7.13. The Bertz CT molecular complexity index is 355. The van der Waals surface area contributed by atoms with Gasteiger partial charge in [-0.2, -0.15) is 0 Å². The molecule has 0 saturated heterocycles. The number of aromatic nitrogens is 1. The largest absolute Gasteiger partial charge is 0.857 e. The van der Waals surface area contributed by atoms with Crippen molar-refractivity contribution in [3.05, 3.63) is 24.3 Å². The average molecular weight is 150 g/mol. The first-order chi connectivity index (χ1) is 4.88. The van der Waals surface area contributed by atoms with Gasteiger partial charge in [-0.1, -0.05) is 18.2 Å². The van der Waals surface area contributed by atoms with E-state index in [1.165, 1.54) is 11.5 Å². The summed E-state index contributed by atoms with van der Waals surface area (Å²) >= 11 is 1.25. The molecule has 3 heteroatoms. The van der Waals surface area contributed by atoms with Crippen LogP contribution in [0, 0.1) is 0 Å². The molecular weight excluding hydrogens is 146 g/mol. The Morgan fingerprint density at radius 3 is 2.90 bits per heavy atom. The van der Waals surface area contributed by atoms with Crippen LogP contribution in [0.3, 0.4) is 0 Å². The van der Waals surface area contributed by atoms with Gasteiger partial charge in [0.2, 0.25) is 0 Å². The normalized spacial score (nSPS) is 10.4. The molecule has 0 aliphatic rings. The fourth-order valence-corrected chi connectivity index (χ4v) is 1.54. The highest BCUT2D eigenvalue weighted by atomic mass is 32.1. The zero-order chi connectivity index (χ0) is 6.97. The van der Waals surface area contributed by atoms with Crippen molar-refractivity contribution < 1.29 is 5.11 Å². The van der Waals surface area contributed by atoms with Gasteiger partial charge in [0.1, 0.15) is 0 Å². The van der Waals surface area contributed by atoms with Crippen LogP contribution in [0.5, 0.6) is 5.88 Å². The van der Waals surface area contributed by atoms with Crippen LogP contribution >= 0.6 is 11.5 Å². The van der Waals surface area contributed by atoms with Crippen LogP contribution in [0.4, 0.5) is 0 Å². The molecule has 0 unspecified atom stereocenters. The van der Waals surface area contributed by atoms with Crippen molar-refractivity contribution in [1.82, 2.24) is 4.37 Å². The van der Waals surface area contributed by atoms with Gasteiger partial charge in [0, 0.05) is 11.3 Å². The molecule has 0 bridgehead atoms. The van der Waals surface area contributed by atoms with Crippen LogP contribution < -0.4 is 5.11 Å².